The third-order valence-electron chi connectivity index (χ3n) is 8.19. The third-order valence-corrected chi connectivity index (χ3v) is 8.19. The molecule has 0 spiro atoms. The molecule has 4 bridgehead atoms. The zero-order valence-corrected chi connectivity index (χ0v) is 20.7. The summed E-state index contributed by atoms with van der Waals surface area (Å²) >= 11 is 0. The molecule has 1 N–H and O–H groups in total. The fraction of sp³-hybridized carbons (Fsp3) is 0.467. The Morgan fingerprint density at radius 1 is 0.917 bits per heavy atom. The first-order valence-electron chi connectivity index (χ1n) is 12.9. The van der Waals surface area contributed by atoms with Gasteiger partial charge in [-0.15, -0.1) is 0 Å². The average Bonchev–Trinajstić information content (AvgIpc) is 2.87. The van der Waals surface area contributed by atoms with Crippen LogP contribution < -0.4 is 4.74 Å². The number of allylic oxidation sites excluding steroid dienone is 1. The molecular weight excluding hydrogens is 456 g/mol. The van der Waals surface area contributed by atoms with Gasteiger partial charge in [-0.3, -0.25) is 4.79 Å². The fourth-order valence-corrected chi connectivity index (χ4v) is 6.84. The molecule has 190 valence electrons. The van der Waals surface area contributed by atoms with Gasteiger partial charge >= 0.3 is 5.97 Å². The van der Waals surface area contributed by atoms with Crippen molar-refractivity contribution < 1.29 is 28.9 Å². The number of carboxylic acid groups (broad SMARTS) is 1. The zero-order chi connectivity index (χ0) is 25.1. The van der Waals surface area contributed by atoms with Crippen molar-refractivity contribution >= 4 is 17.8 Å². The number of hydrogen-bond acceptors (Lipinski definition) is 5. The monoisotopic (exact) mass is 490 g/mol. The smallest absolute Gasteiger partial charge is 0.335 e. The Balaban J connectivity index is 1.36. The van der Waals surface area contributed by atoms with Gasteiger partial charge in [0, 0.05) is 12.7 Å². The summed E-state index contributed by atoms with van der Waals surface area (Å²) in [7, 11) is 1.64. The summed E-state index contributed by atoms with van der Waals surface area (Å²) in [6.45, 7) is 1.15. The molecule has 0 aromatic heterocycles. The molecule has 6 rings (SSSR count). The topological polar surface area (TPSA) is 82.1 Å². The number of rotatable bonds is 11. The van der Waals surface area contributed by atoms with Crippen molar-refractivity contribution in [3.8, 4) is 5.75 Å². The molecule has 0 aliphatic heterocycles. The van der Waals surface area contributed by atoms with Gasteiger partial charge in [0.25, 0.3) is 0 Å². The first-order valence-corrected chi connectivity index (χ1v) is 12.9. The molecule has 4 saturated carbocycles. The summed E-state index contributed by atoms with van der Waals surface area (Å²) in [5.74, 6) is 3.24. The largest absolute Gasteiger partial charge is 0.478 e. The second kappa shape index (κ2) is 11.0. The van der Waals surface area contributed by atoms with Crippen LogP contribution in [0.5, 0.6) is 5.75 Å². The molecule has 36 heavy (non-hydrogen) atoms. The van der Waals surface area contributed by atoms with Crippen LogP contribution in [0.3, 0.4) is 0 Å². The van der Waals surface area contributed by atoms with E-state index in [9.17, 15) is 9.59 Å². The van der Waals surface area contributed by atoms with E-state index in [4.69, 9.17) is 19.3 Å². The van der Waals surface area contributed by atoms with Gasteiger partial charge in [0.05, 0.1) is 18.8 Å². The molecule has 0 atom stereocenters. The van der Waals surface area contributed by atoms with Crippen LogP contribution in [0.1, 0.15) is 69.9 Å². The maximum Gasteiger partial charge on any atom is 0.335 e. The number of methoxy groups -OCH3 is 1. The summed E-state index contributed by atoms with van der Waals surface area (Å²) in [5, 5.41) is 9.07. The van der Waals surface area contributed by atoms with Gasteiger partial charge in [-0.05, 0) is 109 Å². The predicted molar refractivity (Wildman–Crippen MR) is 136 cm³/mol. The Morgan fingerprint density at radius 2 is 1.58 bits per heavy atom. The van der Waals surface area contributed by atoms with Crippen molar-refractivity contribution in [1.82, 2.24) is 0 Å². The maximum absolute atomic E-state index is 13.1. The Bertz CT molecular complexity index is 1090. The van der Waals surface area contributed by atoms with E-state index in [-0.39, 0.29) is 18.1 Å². The number of carboxylic acids is 1. The number of hydrogen-bond donors (Lipinski definition) is 1. The summed E-state index contributed by atoms with van der Waals surface area (Å²) in [5.41, 5.74) is 2.79. The lowest BCUT2D eigenvalue weighted by atomic mass is 9.50. The van der Waals surface area contributed by atoms with Crippen molar-refractivity contribution in [3.05, 3.63) is 70.8 Å². The van der Waals surface area contributed by atoms with E-state index in [2.05, 4.69) is 0 Å². The molecule has 2 aromatic rings. The highest BCUT2D eigenvalue weighted by Gasteiger charge is 2.49. The summed E-state index contributed by atoms with van der Waals surface area (Å²) in [6, 6.07) is 12.3. The minimum atomic E-state index is -0.967. The Kier molecular flexibility index (Phi) is 7.54. The molecule has 0 saturated heterocycles. The van der Waals surface area contributed by atoms with Crippen LogP contribution in [-0.4, -0.2) is 44.0 Å². The van der Waals surface area contributed by atoms with E-state index in [1.54, 1.807) is 31.4 Å². The minimum absolute atomic E-state index is 0.0785. The number of carbonyl (C=O) groups excluding carboxylic acids is 1. The second-order valence-corrected chi connectivity index (χ2v) is 10.5. The second-order valence-electron chi connectivity index (χ2n) is 10.5. The van der Waals surface area contributed by atoms with Crippen molar-refractivity contribution in [2.75, 3.05) is 27.1 Å². The van der Waals surface area contributed by atoms with Gasteiger partial charge < -0.3 is 19.3 Å². The lowest BCUT2D eigenvalue weighted by Gasteiger charge is -2.54. The molecule has 0 radical (unpaired) electrons. The van der Waals surface area contributed by atoms with Gasteiger partial charge in [0.15, 0.2) is 12.6 Å². The van der Waals surface area contributed by atoms with E-state index in [0.29, 0.717) is 36.5 Å². The lowest BCUT2D eigenvalue weighted by molar-refractivity contribution is -0.0161. The Morgan fingerprint density at radius 3 is 2.22 bits per heavy atom. The van der Waals surface area contributed by atoms with E-state index in [1.165, 1.54) is 44.2 Å². The molecule has 0 heterocycles. The molecule has 6 nitrogen and oxygen atoms in total. The lowest BCUT2D eigenvalue weighted by Crippen LogP contribution is -2.43. The molecule has 6 heteroatoms. The van der Waals surface area contributed by atoms with Crippen LogP contribution in [0.15, 0.2) is 48.5 Å². The van der Waals surface area contributed by atoms with E-state index in [0.717, 1.165) is 28.7 Å². The van der Waals surface area contributed by atoms with Crippen molar-refractivity contribution in [2.45, 2.75) is 38.0 Å². The number of carbonyl (C=O) groups is 2. The van der Waals surface area contributed by atoms with Gasteiger partial charge in [-0.2, -0.15) is 0 Å². The average molecular weight is 491 g/mol. The Hall–Kier alpha value is -2.96. The number of ether oxygens (including phenoxy) is 3. The van der Waals surface area contributed by atoms with Crippen molar-refractivity contribution in [2.24, 2.45) is 23.7 Å². The molecule has 4 aliphatic carbocycles. The van der Waals surface area contributed by atoms with Crippen LogP contribution in [0.2, 0.25) is 0 Å². The first kappa shape index (κ1) is 24.7. The Labute approximate surface area is 212 Å². The highest BCUT2D eigenvalue weighted by Crippen LogP contribution is 2.60. The van der Waals surface area contributed by atoms with E-state index >= 15 is 0 Å². The normalized spacial score (nSPS) is 26.4. The van der Waals surface area contributed by atoms with Crippen LogP contribution in [0, 0.1) is 23.7 Å². The van der Waals surface area contributed by atoms with Gasteiger partial charge in [-0.1, -0.05) is 18.2 Å². The molecule has 2 aromatic carbocycles. The molecule has 0 unspecified atom stereocenters. The summed E-state index contributed by atoms with van der Waals surface area (Å²) in [4.78, 5) is 24.2. The van der Waals surface area contributed by atoms with E-state index < -0.39 is 5.97 Å². The number of aromatic carboxylic acids is 1. The van der Waals surface area contributed by atoms with Gasteiger partial charge in [0.2, 0.25) is 0 Å². The van der Waals surface area contributed by atoms with E-state index in [1.807, 2.05) is 18.2 Å². The predicted octanol–water partition coefficient (Wildman–Crippen LogP) is 5.82. The standard InChI is InChI=1S/C30H34O6/c1-34-10-11-35-18-36-28-9-7-23(27(31)8-4-19-2-5-22(6-3-19)30(32)33)17-26(28)29-24-13-20-12-21(15-24)16-25(29)14-20/h2-9,17,20-21,24-25,29H,10-16,18H2,1H3,(H,32,33)/b8-4+. The maximum atomic E-state index is 13.1. The quantitative estimate of drug-likeness (QED) is 0.185. The van der Waals surface area contributed by atoms with Crippen LogP contribution in [0.4, 0.5) is 0 Å². The molecular formula is C30H34O6. The van der Waals surface area contributed by atoms with Crippen LogP contribution in [-0.2, 0) is 9.47 Å². The fourth-order valence-electron chi connectivity index (χ4n) is 6.84. The van der Waals surface area contributed by atoms with Crippen molar-refractivity contribution in [3.63, 3.8) is 0 Å². The highest BCUT2D eigenvalue weighted by atomic mass is 16.7. The molecule has 0 amide bonds. The van der Waals surface area contributed by atoms with Crippen LogP contribution in [0.25, 0.3) is 6.08 Å². The molecule has 4 fully saturated rings. The summed E-state index contributed by atoms with van der Waals surface area (Å²) < 4.78 is 16.7. The number of benzene rings is 2. The SMILES string of the molecule is COCCOCOc1ccc(C(=O)/C=C/c2ccc(C(=O)O)cc2)cc1C1C2CC3CC(C2)CC1C3. The van der Waals surface area contributed by atoms with Gasteiger partial charge in [-0.25, -0.2) is 4.79 Å². The minimum Gasteiger partial charge on any atom is -0.478 e. The zero-order valence-electron chi connectivity index (χ0n) is 20.7. The number of ketones is 1. The first-order chi connectivity index (χ1) is 17.5. The molecule has 4 aliphatic rings. The summed E-state index contributed by atoms with van der Waals surface area (Å²) in [6.07, 6.45) is 9.81. The van der Waals surface area contributed by atoms with Gasteiger partial charge in [0.1, 0.15) is 5.75 Å². The van der Waals surface area contributed by atoms with Crippen LogP contribution >= 0.6 is 0 Å². The highest BCUT2D eigenvalue weighted by molar-refractivity contribution is 6.07. The third kappa shape index (κ3) is 5.40. The van der Waals surface area contributed by atoms with Crippen molar-refractivity contribution in [1.29, 1.82) is 0 Å².